The molecule has 0 unspecified atom stereocenters. The highest BCUT2D eigenvalue weighted by molar-refractivity contribution is 5.99. The standard InChI is InChI=1S/C29H30FN5O2/c30-25-26(23-12-21(36)11-18-7-3-4-8-22(18)23)31-13-24-27(25)33-29(37-16-17-5-1-2-6-17)34-28(24)35-14-19-9-10-20(15-35)32-19/h3-4,7-8,11-13,17,19-20,32,36H,1-2,5-6,9-10,14-16H2/t19-,20+. The number of phenolic OH excluding ortho intramolecular Hbond substituents is 1. The van der Waals surface area contributed by atoms with Gasteiger partial charge in [-0.15, -0.1) is 0 Å². The van der Waals surface area contributed by atoms with E-state index < -0.39 is 5.82 Å². The van der Waals surface area contributed by atoms with Gasteiger partial charge in [-0.25, -0.2) is 4.39 Å². The molecule has 2 saturated heterocycles. The monoisotopic (exact) mass is 499 g/mol. The van der Waals surface area contributed by atoms with E-state index in [2.05, 4.69) is 20.2 Å². The third-order valence-electron chi connectivity index (χ3n) is 8.18. The van der Waals surface area contributed by atoms with Crippen LogP contribution in [0.1, 0.15) is 38.5 Å². The molecule has 4 aromatic rings. The zero-order chi connectivity index (χ0) is 24.9. The molecule has 2 bridgehead atoms. The normalized spacial score (nSPS) is 21.8. The van der Waals surface area contributed by atoms with E-state index in [1.54, 1.807) is 18.3 Å². The van der Waals surface area contributed by atoms with Crippen molar-refractivity contribution < 1.29 is 14.2 Å². The minimum Gasteiger partial charge on any atom is -0.508 e. The summed E-state index contributed by atoms with van der Waals surface area (Å²) in [5.41, 5.74) is 0.893. The Morgan fingerprint density at radius 1 is 1.00 bits per heavy atom. The van der Waals surface area contributed by atoms with Gasteiger partial charge in [0.2, 0.25) is 0 Å². The maximum atomic E-state index is 16.3. The second-order valence-corrected chi connectivity index (χ2v) is 10.7. The van der Waals surface area contributed by atoms with Gasteiger partial charge in [-0.1, -0.05) is 37.1 Å². The molecule has 2 aromatic carbocycles. The first kappa shape index (κ1) is 22.7. The number of ether oxygens (including phenoxy) is 1. The van der Waals surface area contributed by atoms with Gasteiger partial charge >= 0.3 is 6.01 Å². The number of hydrogen-bond acceptors (Lipinski definition) is 7. The molecule has 2 N–H and O–H groups in total. The largest absolute Gasteiger partial charge is 0.508 e. The number of rotatable bonds is 5. The predicted molar refractivity (Wildman–Crippen MR) is 142 cm³/mol. The van der Waals surface area contributed by atoms with Gasteiger partial charge in [-0.05, 0) is 54.5 Å². The van der Waals surface area contributed by atoms with E-state index >= 15 is 4.39 Å². The Morgan fingerprint density at radius 3 is 2.59 bits per heavy atom. The number of anilines is 1. The number of pyridine rings is 1. The van der Waals surface area contributed by atoms with Crippen molar-refractivity contribution in [2.75, 3.05) is 24.6 Å². The molecule has 0 radical (unpaired) electrons. The predicted octanol–water partition coefficient (Wildman–Crippen LogP) is 5.20. The Morgan fingerprint density at radius 2 is 1.78 bits per heavy atom. The second-order valence-electron chi connectivity index (χ2n) is 10.7. The highest BCUT2D eigenvalue weighted by Crippen LogP contribution is 2.37. The maximum absolute atomic E-state index is 16.3. The smallest absolute Gasteiger partial charge is 0.319 e. The van der Waals surface area contributed by atoms with Gasteiger partial charge in [0.1, 0.15) is 22.8 Å². The van der Waals surface area contributed by atoms with Gasteiger partial charge in [0.15, 0.2) is 5.82 Å². The van der Waals surface area contributed by atoms with E-state index in [0.717, 1.165) is 49.5 Å². The third-order valence-corrected chi connectivity index (χ3v) is 8.18. The lowest BCUT2D eigenvalue weighted by molar-refractivity contribution is 0.235. The fourth-order valence-corrected chi connectivity index (χ4v) is 6.35. The van der Waals surface area contributed by atoms with Crippen LogP contribution in [0.15, 0.2) is 42.6 Å². The van der Waals surface area contributed by atoms with Crippen molar-refractivity contribution >= 4 is 27.5 Å². The van der Waals surface area contributed by atoms with Crippen molar-refractivity contribution in [1.29, 1.82) is 0 Å². The summed E-state index contributed by atoms with van der Waals surface area (Å²) in [5.74, 6) is 0.716. The zero-order valence-corrected chi connectivity index (χ0v) is 20.7. The van der Waals surface area contributed by atoms with E-state index in [1.165, 1.54) is 12.8 Å². The van der Waals surface area contributed by atoms with Crippen molar-refractivity contribution in [3.05, 3.63) is 48.4 Å². The van der Waals surface area contributed by atoms with E-state index in [0.29, 0.717) is 41.4 Å². The quantitative estimate of drug-likeness (QED) is 0.391. The second kappa shape index (κ2) is 9.10. The molecule has 3 fully saturated rings. The average molecular weight is 500 g/mol. The van der Waals surface area contributed by atoms with Crippen molar-refractivity contribution in [1.82, 2.24) is 20.3 Å². The molecular formula is C29H30FN5O2. The molecule has 0 spiro atoms. The Labute approximate surface area is 214 Å². The first-order valence-corrected chi connectivity index (χ1v) is 13.3. The number of aromatic nitrogens is 3. The molecule has 2 atom stereocenters. The minimum absolute atomic E-state index is 0.0650. The molecule has 2 aliphatic heterocycles. The molecule has 8 heteroatoms. The van der Waals surface area contributed by atoms with Crippen LogP contribution in [0.3, 0.4) is 0 Å². The van der Waals surface area contributed by atoms with E-state index in [1.807, 2.05) is 24.3 Å². The van der Waals surface area contributed by atoms with Gasteiger partial charge in [0, 0.05) is 36.9 Å². The molecule has 0 amide bonds. The molecular weight excluding hydrogens is 469 g/mol. The summed E-state index contributed by atoms with van der Waals surface area (Å²) in [6.45, 7) is 2.17. The molecule has 4 heterocycles. The van der Waals surface area contributed by atoms with Crippen molar-refractivity contribution in [3.63, 3.8) is 0 Å². The van der Waals surface area contributed by atoms with Gasteiger partial charge in [-0.2, -0.15) is 9.97 Å². The highest BCUT2D eigenvalue weighted by Gasteiger charge is 2.34. The summed E-state index contributed by atoms with van der Waals surface area (Å²) in [7, 11) is 0. The SMILES string of the molecule is Oc1cc(-c2ncc3c(N4C[C@H]5CC[C@@H](C4)N5)nc(OCC4CCCC4)nc3c2F)c2ccccc2c1. The van der Waals surface area contributed by atoms with Crippen LogP contribution in [-0.2, 0) is 0 Å². The fraction of sp³-hybridized carbons (Fsp3) is 0.414. The topological polar surface area (TPSA) is 83.4 Å². The van der Waals surface area contributed by atoms with Gasteiger partial charge in [0.25, 0.3) is 0 Å². The van der Waals surface area contributed by atoms with Crippen LogP contribution in [0.25, 0.3) is 32.9 Å². The van der Waals surface area contributed by atoms with Gasteiger partial charge < -0.3 is 20.1 Å². The Bertz CT molecular complexity index is 1480. The molecule has 1 saturated carbocycles. The van der Waals surface area contributed by atoms with Crippen molar-refractivity contribution in [2.45, 2.75) is 50.6 Å². The number of benzene rings is 2. The van der Waals surface area contributed by atoms with Crippen molar-refractivity contribution in [3.8, 4) is 23.0 Å². The summed E-state index contributed by atoms with van der Waals surface area (Å²) in [5, 5.41) is 16.2. The molecule has 190 valence electrons. The van der Waals surface area contributed by atoms with E-state index in [-0.39, 0.29) is 23.0 Å². The van der Waals surface area contributed by atoms with Crippen LogP contribution in [0.5, 0.6) is 11.8 Å². The molecule has 3 aliphatic rings. The van der Waals surface area contributed by atoms with Crippen LogP contribution >= 0.6 is 0 Å². The van der Waals surface area contributed by atoms with Crippen LogP contribution in [0.2, 0.25) is 0 Å². The lowest BCUT2D eigenvalue weighted by Crippen LogP contribution is -2.51. The van der Waals surface area contributed by atoms with Gasteiger partial charge in [0.05, 0.1) is 12.0 Å². The summed E-state index contributed by atoms with van der Waals surface area (Å²) < 4.78 is 22.4. The molecule has 2 aromatic heterocycles. The van der Waals surface area contributed by atoms with Crippen LogP contribution in [0.4, 0.5) is 10.2 Å². The Hall–Kier alpha value is -3.52. The lowest BCUT2D eigenvalue weighted by Gasteiger charge is -2.34. The number of nitrogens with one attached hydrogen (secondary N) is 1. The zero-order valence-electron chi connectivity index (χ0n) is 20.7. The van der Waals surface area contributed by atoms with Crippen LogP contribution in [0, 0.1) is 11.7 Å². The molecule has 37 heavy (non-hydrogen) atoms. The Balaban J connectivity index is 1.36. The summed E-state index contributed by atoms with van der Waals surface area (Å²) in [4.78, 5) is 16.2. The number of aromatic hydroxyl groups is 1. The minimum atomic E-state index is -0.527. The molecule has 7 rings (SSSR count). The number of nitrogens with zero attached hydrogens (tertiary/aromatic N) is 4. The summed E-state index contributed by atoms with van der Waals surface area (Å²) in [6, 6.07) is 11.9. The Kier molecular flexibility index (Phi) is 5.57. The van der Waals surface area contributed by atoms with Gasteiger partial charge in [-0.3, -0.25) is 4.98 Å². The van der Waals surface area contributed by atoms with E-state index in [9.17, 15) is 5.11 Å². The first-order chi connectivity index (χ1) is 18.1. The van der Waals surface area contributed by atoms with E-state index in [4.69, 9.17) is 9.72 Å². The highest BCUT2D eigenvalue weighted by atomic mass is 19.1. The maximum Gasteiger partial charge on any atom is 0.319 e. The van der Waals surface area contributed by atoms with Crippen LogP contribution < -0.4 is 15.0 Å². The number of hydrogen-bond donors (Lipinski definition) is 2. The number of halogens is 1. The number of piperazine rings is 1. The summed E-state index contributed by atoms with van der Waals surface area (Å²) in [6.07, 6.45) is 8.69. The number of phenols is 1. The first-order valence-electron chi connectivity index (χ1n) is 13.3. The lowest BCUT2D eigenvalue weighted by atomic mass is 10.00. The molecule has 1 aliphatic carbocycles. The van der Waals surface area contributed by atoms with Crippen LogP contribution in [-0.4, -0.2) is 51.8 Å². The van der Waals surface area contributed by atoms with Crippen molar-refractivity contribution in [2.24, 2.45) is 5.92 Å². The third kappa shape index (κ3) is 4.13. The summed E-state index contributed by atoms with van der Waals surface area (Å²) >= 11 is 0. The molecule has 7 nitrogen and oxygen atoms in total. The average Bonchev–Trinajstić information content (AvgIpc) is 3.56. The fourth-order valence-electron chi connectivity index (χ4n) is 6.35. The number of fused-ring (bicyclic) bond motifs is 4.